The summed E-state index contributed by atoms with van der Waals surface area (Å²) in [4.78, 5) is 11.2. The van der Waals surface area contributed by atoms with E-state index < -0.39 is 0 Å². The van der Waals surface area contributed by atoms with Crippen molar-refractivity contribution in [3.8, 4) is 0 Å². The maximum absolute atomic E-state index is 11.2. The fraction of sp³-hybridized carbons (Fsp3) is 0.900. The van der Waals surface area contributed by atoms with Crippen molar-refractivity contribution in [2.75, 3.05) is 0 Å². The first-order valence-electron chi connectivity index (χ1n) is 5.13. The molecule has 3 saturated heterocycles. The van der Waals surface area contributed by atoms with Crippen LogP contribution in [0.5, 0.6) is 0 Å². The third-order valence-electron chi connectivity index (χ3n) is 3.21. The van der Waals surface area contributed by atoms with Crippen LogP contribution >= 0.6 is 0 Å². The predicted molar refractivity (Wildman–Crippen MR) is 47.2 cm³/mol. The monoisotopic (exact) mass is 184 g/mol. The number of fused-ring (bicyclic) bond motifs is 1. The molecular weight excluding hydrogens is 168 g/mol. The highest BCUT2D eigenvalue weighted by atomic mass is 16.6. The van der Waals surface area contributed by atoms with Crippen molar-refractivity contribution in [1.29, 1.82) is 0 Å². The number of hydrogen-bond acceptors (Lipinski definition) is 3. The van der Waals surface area contributed by atoms with Gasteiger partial charge in [-0.05, 0) is 5.92 Å². The minimum Gasteiger partial charge on any atom is -0.459 e. The number of carbonyl (C=O) groups excluding carboxylic acids is 1. The SMILES string of the molecule is CC.CC1C2CC3OC(=O)C1C3O2. The fourth-order valence-electron chi connectivity index (χ4n) is 2.58. The van der Waals surface area contributed by atoms with Crippen LogP contribution in [0, 0.1) is 11.8 Å². The van der Waals surface area contributed by atoms with E-state index in [1.165, 1.54) is 0 Å². The summed E-state index contributed by atoms with van der Waals surface area (Å²) in [5.74, 6) is 0.400. The molecule has 5 unspecified atom stereocenters. The molecule has 0 amide bonds. The van der Waals surface area contributed by atoms with E-state index >= 15 is 0 Å². The molecule has 3 heterocycles. The first-order valence-corrected chi connectivity index (χ1v) is 5.13. The summed E-state index contributed by atoms with van der Waals surface area (Å²) in [7, 11) is 0. The van der Waals surface area contributed by atoms with Gasteiger partial charge in [0.15, 0.2) is 0 Å². The summed E-state index contributed by atoms with van der Waals surface area (Å²) in [6.07, 6.45) is 1.41. The highest BCUT2D eigenvalue weighted by Gasteiger charge is 2.61. The number of rotatable bonds is 0. The van der Waals surface area contributed by atoms with E-state index in [-0.39, 0.29) is 24.1 Å². The van der Waals surface area contributed by atoms with E-state index in [1.807, 2.05) is 13.8 Å². The van der Waals surface area contributed by atoms with Crippen molar-refractivity contribution in [3.63, 3.8) is 0 Å². The molecule has 0 N–H and O–H groups in total. The van der Waals surface area contributed by atoms with Gasteiger partial charge in [-0.1, -0.05) is 20.8 Å². The Labute approximate surface area is 78.4 Å². The van der Waals surface area contributed by atoms with Gasteiger partial charge in [-0.3, -0.25) is 4.79 Å². The molecule has 0 aromatic heterocycles. The summed E-state index contributed by atoms with van der Waals surface area (Å²) in [6, 6.07) is 0. The molecule has 2 bridgehead atoms. The Morgan fingerprint density at radius 3 is 2.54 bits per heavy atom. The molecule has 0 saturated carbocycles. The van der Waals surface area contributed by atoms with Crippen molar-refractivity contribution in [2.45, 2.75) is 45.5 Å². The lowest BCUT2D eigenvalue weighted by atomic mass is 9.81. The third-order valence-corrected chi connectivity index (χ3v) is 3.21. The van der Waals surface area contributed by atoms with Crippen molar-refractivity contribution in [2.24, 2.45) is 11.8 Å². The summed E-state index contributed by atoms with van der Waals surface area (Å²) < 4.78 is 10.7. The largest absolute Gasteiger partial charge is 0.459 e. The average molecular weight is 184 g/mol. The molecule has 74 valence electrons. The van der Waals surface area contributed by atoms with Gasteiger partial charge in [-0.2, -0.15) is 0 Å². The Balaban J connectivity index is 0.000000308. The van der Waals surface area contributed by atoms with Crippen molar-refractivity contribution < 1.29 is 14.3 Å². The van der Waals surface area contributed by atoms with Crippen molar-refractivity contribution in [1.82, 2.24) is 0 Å². The van der Waals surface area contributed by atoms with Gasteiger partial charge in [-0.15, -0.1) is 0 Å². The zero-order valence-electron chi connectivity index (χ0n) is 8.32. The average Bonchev–Trinajstić information content (AvgIpc) is 2.69. The zero-order chi connectivity index (χ0) is 9.59. The minimum atomic E-state index is -0.0347. The van der Waals surface area contributed by atoms with Crippen LogP contribution in [0.3, 0.4) is 0 Å². The number of ether oxygens (including phenoxy) is 2. The van der Waals surface area contributed by atoms with Crippen LogP contribution < -0.4 is 0 Å². The molecule has 0 radical (unpaired) electrons. The predicted octanol–water partition coefficient (Wildman–Crippen LogP) is 1.36. The van der Waals surface area contributed by atoms with Gasteiger partial charge in [0, 0.05) is 6.42 Å². The maximum Gasteiger partial charge on any atom is 0.312 e. The van der Waals surface area contributed by atoms with Gasteiger partial charge < -0.3 is 9.47 Å². The second-order valence-corrected chi connectivity index (χ2v) is 3.74. The van der Waals surface area contributed by atoms with Crippen LogP contribution in [0.1, 0.15) is 27.2 Å². The van der Waals surface area contributed by atoms with Crippen LogP contribution in [0.4, 0.5) is 0 Å². The lowest BCUT2D eigenvalue weighted by molar-refractivity contribution is -0.144. The van der Waals surface area contributed by atoms with E-state index in [1.54, 1.807) is 0 Å². The normalized spacial score (nSPS) is 50.1. The van der Waals surface area contributed by atoms with Gasteiger partial charge in [-0.25, -0.2) is 0 Å². The van der Waals surface area contributed by atoms with Gasteiger partial charge in [0.25, 0.3) is 0 Å². The smallest absolute Gasteiger partial charge is 0.312 e. The van der Waals surface area contributed by atoms with E-state index in [9.17, 15) is 4.79 Å². The molecule has 5 atom stereocenters. The van der Waals surface area contributed by atoms with Gasteiger partial charge >= 0.3 is 5.97 Å². The Hall–Kier alpha value is -0.570. The lowest BCUT2D eigenvalue weighted by Gasteiger charge is -2.15. The lowest BCUT2D eigenvalue weighted by Crippen LogP contribution is -2.29. The first-order chi connectivity index (χ1) is 6.27. The molecule has 13 heavy (non-hydrogen) atoms. The van der Waals surface area contributed by atoms with Gasteiger partial charge in [0.2, 0.25) is 0 Å². The molecule has 0 aliphatic carbocycles. The van der Waals surface area contributed by atoms with Crippen molar-refractivity contribution in [3.05, 3.63) is 0 Å². The topological polar surface area (TPSA) is 35.5 Å². The highest BCUT2D eigenvalue weighted by molar-refractivity contribution is 5.77. The van der Waals surface area contributed by atoms with Gasteiger partial charge in [0.1, 0.15) is 12.2 Å². The van der Waals surface area contributed by atoms with Gasteiger partial charge in [0.05, 0.1) is 12.0 Å². The molecule has 3 rings (SSSR count). The molecule has 0 spiro atoms. The van der Waals surface area contributed by atoms with Crippen LogP contribution in [0.2, 0.25) is 0 Å². The molecule has 3 aliphatic heterocycles. The number of hydrogen-bond donors (Lipinski definition) is 0. The maximum atomic E-state index is 11.2. The van der Waals surface area contributed by atoms with Crippen LogP contribution in [0.15, 0.2) is 0 Å². The minimum absolute atomic E-state index is 0.0347. The Kier molecular flexibility index (Phi) is 2.06. The van der Waals surface area contributed by atoms with Crippen LogP contribution in [-0.4, -0.2) is 24.3 Å². The first kappa shape index (κ1) is 9.00. The summed E-state index contributed by atoms with van der Waals surface area (Å²) in [6.45, 7) is 6.08. The second kappa shape index (κ2) is 2.98. The molecule has 0 aromatic carbocycles. The third kappa shape index (κ3) is 1.03. The molecular formula is C10H16O3. The van der Waals surface area contributed by atoms with Crippen molar-refractivity contribution >= 4 is 5.97 Å². The summed E-state index contributed by atoms with van der Waals surface area (Å²) >= 11 is 0. The van der Waals surface area contributed by atoms with Crippen LogP contribution in [0.25, 0.3) is 0 Å². The van der Waals surface area contributed by atoms with E-state index in [4.69, 9.17) is 9.47 Å². The standard InChI is InChI=1S/C8H10O3.C2H6/c1-3-4-2-5-7(10-4)6(3)8(9)11-5;1-2/h3-7H,2H2,1H3;1-2H3. The molecule has 3 aliphatic rings. The quantitative estimate of drug-likeness (QED) is 0.533. The highest BCUT2D eigenvalue weighted by Crippen LogP contribution is 2.49. The fourth-order valence-corrected chi connectivity index (χ4v) is 2.58. The van der Waals surface area contributed by atoms with Crippen LogP contribution in [-0.2, 0) is 14.3 Å². The Morgan fingerprint density at radius 2 is 2.00 bits per heavy atom. The molecule has 3 nitrogen and oxygen atoms in total. The van der Waals surface area contributed by atoms with E-state index in [2.05, 4.69) is 6.92 Å². The molecule has 0 aromatic rings. The van der Waals surface area contributed by atoms with E-state index in [0.29, 0.717) is 12.0 Å². The molecule has 3 heteroatoms. The summed E-state index contributed by atoms with van der Waals surface area (Å²) in [5, 5.41) is 0. The Bertz CT molecular complexity index is 224. The Morgan fingerprint density at radius 1 is 1.31 bits per heavy atom. The number of esters is 1. The van der Waals surface area contributed by atoms with E-state index in [0.717, 1.165) is 6.42 Å². The second-order valence-electron chi connectivity index (χ2n) is 3.74. The zero-order valence-corrected chi connectivity index (χ0v) is 8.32. The number of carbonyl (C=O) groups is 1. The summed E-state index contributed by atoms with van der Waals surface area (Å²) in [5.41, 5.74) is 0. The molecule has 3 fully saturated rings.